The van der Waals surface area contributed by atoms with Crippen molar-refractivity contribution < 1.29 is 9.18 Å². The monoisotopic (exact) mass is 266 g/mol. The molecular weight excluding hydrogens is 243 g/mol. The Balaban J connectivity index is 2.48. The third-order valence-corrected chi connectivity index (χ3v) is 3.40. The lowest BCUT2D eigenvalue weighted by Crippen LogP contribution is -2.48. The topological polar surface area (TPSA) is 55.1 Å². The highest BCUT2D eigenvalue weighted by Gasteiger charge is 2.20. The number of carbonyl (C=O) groups is 1. The van der Waals surface area contributed by atoms with Crippen molar-refractivity contribution in [3.8, 4) is 0 Å². The molecule has 1 aromatic carbocycles. The molecular formula is C15H23FN2O. The van der Waals surface area contributed by atoms with Crippen LogP contribution in [0.5, 0.6) is 0 Å². The van der Waals surface area contributed by atoms with Gasteiger partial charge in [0.25, 0.3) is 0 Å². The normalized spacial score (nSPS) is 15.6. The third kappa shape index (κ3) is 4.99. The summed E-state index contributed by atoms with van der Waals surface area (Å²) in [5.74, 6) is -0.207. The summed E-state index contributed by atoms with van der Waals surface area (Å²) < 4.78 is 12.8. The van der Waals surface area contributed by atoms with Crippen LogP contribution in [0.4, 0.5) is 4.39 Å². The van der Waals surface area contributed by atoms with E-state index in [4.69, 9.17) is 5.73 Å². The van der Waals surface area contributed by atoms with Gasteiger partial charge in [0.1, 0.15) is 5.82 Å². The maximum Gasteiger partial charge on any atom is 0.237 e. The Kier molecular flexibility index (Phi) is 5.96. The first-order chi connectivity index (χ1) is 8.93. The number of rotatable bonds is 6. The van der Waals surface area contributed by atoms with Crippen LogP contribution in [0, 0.1) is 11.7 Å². The summed E-state index contributed by atoms with van der Waals surface area (Å²) in [4.78, 5) is 11.9. The minimum Gasteiger partial charge on any atom is -0.352 e. The Morgan fingerprint density at radius 3 is 2.42 bits per heavy atom. The standard InChI is InChI=1S/C15H23FN2O/c1-4-10(2)14(17)15(19)18-11(3)9-12-5-7-13(16)8-6-12/h5-8,10-11,14H,4,9,17H2,1-3H3,(H,18,19)/t10-,11?,14-/m0/s1. The van der Waals surface area contributed by atoms with Crippen LogP contribution in [0.2, 0.25) is 0 Å². The van der Waals surface area contributed by atoms with E-state index >= 15 is 0 Å². The minimum absolute atomic E-state index is 0.0203. The van der Waals surface area contributed by atoms with Gasteiger partial charge in [0, 0.05) is 6.04 Å². The molecule has 0 fully saturated rings. The second-order valence-electron chi connectivity index (χ2n) is 5.15. The van der Waals surface area contributed by atoms with Crippen molar-refractivity contribution in [2.45, 2.75) is 45.7 Å². The average Bonchev–Trinajstić information content (AvgIpc) is 2.39. The number of nitrogens with two attached hydrogens (primary N) is 1. The number of carbonyl (C=O) groups excluding carboxylic acids is 1. The number of benzene rings is 1. The molecule has 0 saturated carbocycles. The lowest BCUT2D eigenvalue weighted by atomic mass is 9.98. The molecule has 1 aromatic rings. The smallest absolute Gasteiger partial charge is 0.237 e. The highest BCUT2D eigenvalue weighted by Crippen LogP contribution is 2.08. The van der Waals surface area contributed by atoms with Crippen molar-refractivity contribution in [3.05, 3.63) is 35.6 Å². The molecule has 1 unspecified atom stereocenters. The molecule has 0 bridgehead atoms. The summed E-state index contributed by atoms with van der Waals surface area (Å²) in [6.45, 7) is 5.90. The van der Waals surface area contributed by atoms with E-state index in [0.29, 0.717) is 6.42 Å². The fourth-order valence-corrected chi connectivity index (χ4v) is 1.88. The van der Waals surface area contributed by atoms with Crippen molar-refractivity contribution in [2.24, 2.45) is 11.7 Å². The number of hydrogen-bond acceptors (Lipinski definition) is 2. The number of halogens is 1. The molecule has 3 atom stereocenters. The van der Waals surface area contributed by atoms with Crippen LogP contribution in [-0.4, -0.2) is 18.0 Å². The van der Waals surface area contributed by atoms with Gasteiger partial charge in [-0.05, 0) is 37.0 Å². The van der Waals surface area contributed by atoms with Crippen LogP contribution in [0.3, 0.4) is 0 Å². The van der Waals surface area contributed by atoms with Gasteiger partial charge in [-0.3, -0.25) is 4.79 Å². The summed E-state index contributed by atoms with van der Waals surface area (Å²) in [5.41, 5.74) is 6.86. The van der Waals surface area contributed by atoms with Gasteiger partial charge in [-0.15, -0.1) is 0 Å². The van der Waals surface area contributed by atoms with E-state index in [1.807, 2.05) is 20.8 Å². The van der Waals surface area contributed by atoms with Gasteiger partial charge in [0.2, 0.25) is 5.91 Å². The third-order valence-electron chi connectivity index (χ3n) is 3.40. The highest BCUT2D eigenvalue weighted by atomic mass is 19.1. The van der Waals surface area contributed by atoms with E-state index in [-0.39, 0.29) is 23.7 Å². The van der Waals surface area contributed by atoms with E-state index in [1.54, 1.807) is 12.1 Å². The SMILES string of the molecule is CC[C@H](C)[C@H](N)C(=O)NC(C)Cc1ccc(F)cc1. The fraction of sp³-hybridized carbons (Fsp3) is 0.533. The molecule has 0 aromatic heterocycles. The molecule has 0 saturated heterocycles. The van der Waals surface area contributed by atoms with Crippen molar-refractivity contribution in [1.82, 2.24) is 5.32 Å². The molecule has 0 radical (unpaired) electrons. The number of nitrogens with one attached hydrogen (secondary N) is 1. The molecule has 3 nitrogen and oxygen atoms in total. The first-order valence-electron chi connectivity index (χ1n) is 6.74. The lowest BCUT2D eigenvalue weighted by molar-refractivity contribution is -0.124. The van der Waals surface area contributed by atoms with Crippen LogP contribution in [0.25, 0.3) is 0 Å². The number of hydrogen-bond donors (Lipinski definition) is 2. The summed E-state index contributed by atoms with van der Waals surface area (Å²) in [6.07, 6.45) is 1.54. The van der Waals surface area contributed by atoms with E-state index in [0.717, 1.165) is 12.0 Å². The zero-order chi connectivity index (χ0) is 14.4. The molecule has 19 heavy (non-hydrogen) atoms. The Labute approximate surface area is 114 Å². The molecule has 106 valence electrons. The first-order valence-corrected chi connectivity index (χ1v) is 6.74. The Hall–Kier alpha value is -1.42. The van der Waals surface area contributed by atoms with Crippen molar-refractivity contribution in [2.75, 3.05) is 0 Å². The van der Waals surface area contributed by atoms with Crippen LogP contribution < -0.4 is 11.1 Å². The van der Waals surface area contributed by atoms with Crippen molar-refractivity contribution in [3.63, 3.8) is 0 Å². The molecule has 0 aliphatic carbocycles. The van der Waals surface area contributed by atoms with E-state index in [9.17, 15) is 9.18 Å². The molecule has 0 aliphatic rings. The summed E-state index contributed by atoms with van der Waals surface area (Å²) >= 11 is 0. The van der Waals surface area contributed by atoms with Gasteiger partial charge in [0.05, 0.1) is 6.04 Å². The van der Waals surface area contributed by atoms with E-state index in [1.165, 1.54) is 12.1 Å². The van der Waals surface area contributed by atoms with Gasteiger partial charge in [-0.2, -0.15) is 0 Å². The zero-order valence-electron chi connectivity index (χ0n) is 11.8. The summed E-state index contributed by atoms with van der Waals surface area (Å²) in [6, 6.07) is 5.82. The molecule has 3 N–H and O–H groups in total. The second-order valence-corrected chi connectivity index (χ2v) is 5.15. The maximum atomic E-state index is 12.8. The average molecular weight is 266 g/mol. The predicted molar refractivity (Wildman–Crippen MR) is 75.1 cm³/mol. The Morgan fingerprint density at radius 1 is 1.32 bits per heavy atom. The molecule has 0 heterocycles. The van der Waals surface area contributed by atoms with Gasteiger partial charge in [-0.25, -0.2) is 4.39 Å². The second kappa shape index (κ2) is 7.24. The van der Waals surface area contributed by atoms with Crippen LogP contribution >= 0.6 is 0 Å². The predicted octanol–water partition coefficient (Wildman–Crippen LogP) is 2.25. The van der Waals surface area contributed by atoms with Crippen LogP contribution in [0.15, 0.2) is 24.3 Å². The molecule has 1 rings (SSSR count). The largest absolute Gasteiger partial charge is 0.352 e. The molecule has 0 spiro atoms. The first kappa shape index (κ1) is 15.6. The van der Waals surface area contributed by atoms with E-state index in [2.05, 4.69) is 5.32 Å². The summed E-state index contributed by atoms with van der Waals surface area (Å²) in [7, 11) is 0. The quantitative estimate of drug-likeness (QED) is 0.829. The Bertz CT molecular complexity index is 405. The van der Waals surface area contributed by atoms with E-state index < -0.39 is 6.04 Å². The molecule has 1 amide bonds. The van der Waals surface area contributed by atoms with Crippen molar-refractivity contribution >= 4 is 5.91 Å². The van der Waals surface area contributed by atoms with Gasteiger partial charge >= 0.3 is 0 Å². The lowest BCUT2D eigenvalue weighted by Gasteiger charge is -2.21. The van der Waals surface area contributed by atoms with Crippen LogP contribution in [0.1, 0.15) is 32.8 Å². The van der Waals surface area contributed by atoms with Gasteiger partial charge in [-0.1, -0.05) is 32.4 Å². The maximum absolute atomic E-state index is 12.8. The van der Waals surface area contributed by atoms with Crippen molar-refractivity contribution in [1.29, 1.82) is 0 Å². The molecule has 0 aliphatic heterocycles. The fourth-order valence-electron chi connectivity index (χ4n) is 1.88. The van der Waals surface area contributed by atoms with Gasteiger partial charge in [0.15, 0.2) is 0 Å². The van der Waals surface area contributed by atoms with Crippen LogP contribution in [-0.2, 0) is 11.2 Å². The number of amides is 1. The minimum atomic E-state index is -0.472. The summed E-state index contributed by atoms with van der Waals surface area (Å²) in [5, 5.41) is 2.90. The zero-order valence-corrected chi connectivity index (χ0v) is 11.8. The van der Waals surface area contributed by atoms with Gasteiger partial charge < -0.3 is 11.1 Å². The molecule has 4 heteroatoms. The highest BCUT2D eigenvalue weighted by molar-refractivity contribution is 5.82. The Morgan fingerprint density at radius 2 is 1.89 bits per heavy atom.